The number of carboxylic acid groups (broad SMARTS) is 1. The molecule has 7 heteroatoms. The van der Waals surface area contributed by atoms with Crippen molar-refractivity contribution in [3.05, 3.63) is 53.1 Å². The Morgan fingerprint density at radius 2 is 2.04 bits per heavy atom. The van der Waals surface area contributed by atoms with Crippen molar-refractivity contribution in [3.8, 4) is 0 Å². The van der Waals surface area contributed by atoms with E-state index in [0.29, 0.717) is 22.8 Å². The minimum atomic E-state index is -1.05. The molecule has 0 atom stereocenters. The van der Waals surface area contributed by atoms with E-state index in [0.717, 1.165) is 5.39 Å². The molecule has 0 aliphatic heterocycles. The van der Waals surface area contributed by atoms with Crippen LogP contribution < -0.4 is 0 Å². The van der Waals surface area contributed by atoms with Gasteiger partial charge in [0.1, 0.15) is 22.8 Å². The standard InChI is InChI=1S/C17H16N2O5/c1-10-13(17(21)22)7-11(23-10)9-19(2)16(20)8-14-12-5-3-4-6-15(12)24-18-14/h3-7H,8-9H2,1-2H3,(H,21,22). The Hall–Kier alpha value is -3.09. The van der Waals surface area contributed by atoms with Gasteiger partial charge in [-0.3, -0.25) is 4.79 Å². The molecular weight excluding hydrogens is 312 g/mol. The highest BCUT2D eigenvalue weighted by molar-refractivity contribution is 5.89. The smallest absolute Gasteiger partial charge is 0.339 e. The minimum absolute atomic E-state index is 0.0962. The van der Waals surface area contributed by atoms with Gasteiger partial charge in [-0.1, -0.05) is 17.3 Å². The van der Waals surface area contributed by atoms with Crippen molar-refractivity contribution in [1.29, 1.82) is 0 Å². The van der Waals surface area contributed by atoms with Gasteiger partial charge in [-0.15, -0.1) is 0 Å². The number of rotatable bonds is 5. The van der Waals surface area contributed by atoms with E-state index < -0.39 is 5.97 Å². The van der Waals surface area contributed by atoms with Gasteiger partial charge in [-0.2, -0.15) is 0 Å². The van der Waals surface area contributed by atoms with E-state index in [4.69, 9.17) is 14.0 Å². The van der Waals surface area contributed by atoms with Crippen LogP contribution >= 0.6 is 0 Å². The summed E-state index contributed by atoms with van der Waals surface area (Å²) < 4.78 is 10.6. The van der Waals surface area contributed by atoms with Gasteiger partial charge in [0.25, 0.3) is 0 Å². The van der Waals surface area contributed by atoms with Crippen LogP contribution in [-0.4, -0.2) is 34.1 Å². The highest BCUT2D eigenvalue weighted by atomic mass is 16.5. The van der Waals surface area contributed by atoms with E-state index >= 15 is 0 Å². The van der Waals surface area contributed by atoms with Gasteiger partial charge in [-0.25, -0.2) is 4.79 Å². The normalized spacial score (nSPS) is 10.9. The van der Waals surface area contributed by atoms with Crippen molar-refractivity contribution >= 4 is 22.8 Å². The Kier molecular flexibility index (Phi) is 4.07. The van der Waals surface area contributed by atoms with Gasteiger partial charge in [0.05, 0.1) is 13.0 Å². The lowest BCUT2D eigenvalue weighted by Crippen LogP contribution is -2.27. The zero-order chi connectivity index (χ0) is 17.3. The summed E-state index contributed by atoms with van der Waals surface area (Å²) in [5.41, 5.74) is 1.31. The molecule has 0 fully saturated rings. The van der Waals surface area contributed by atoms with Crippen molar-refractivity contribution in [2.75, 3.05) is 7.05 Å². The molecule has 7 nitrogen and oxygen atoms in total. The van der Waals surface area contributed by atoms with Crippen LogP contribution in [0.2, 0.25) is 0 Å². The molecule has 0 spiro atoms. The van der Waals surface area contributed by atoms with Crippen molar-refractivity contribution < 1.29 is 23.6 Å². The molecule has 0 aliphatic rings. The highest BCUT2D eigenvalue weighted by Crippen LogP contribution is 2.20. The molecular formula is C17H16N2O5. The number of hydrogen-bond acceptors (Lipinski definition) is 5. The summed E-state index contributed by atoms with van der Waals surface area (Å²) in [6.45, 7) is 1.76. The zero-order valence-corrected chi connectivity index (χ0v) is 13.3. The maximum atomic E-state index is 12.4. The Labute approximate surface area is 137 Å². The number of likely N-dealkylation sites (N-methyl/N-ethyl adjacent to an activating group) is 1. The predicted octanol–water partition coefficient (Wildman–Crippen LogP) is 2.63. The topological polar surface area (TPSA) is 96.8 Å². The number of hydrogen-bond donors (Lipinski definition) is 1. The van der Waals surface area contributed by atoms with E-state index in [-0.39, 0.29) is 24.4 Å². The third-order valence-electron chi connectivity index (χ3n) is 3.79. The van der Waals surface area contributed by atoms with E-state index in [2.05, 4.69) is 5.16 Å². The first-order valence-corrected chi connectivity index (χ1v) is 7.35. The number of carbonyl (C=O) groups is 2. The van der Waals surface area contributed by atoms with Crippen LogP contribution in [0.4, 0.5) is 0 Å². The minimum Gasteiger partial charge on any atom is -0.478 e. The maximum absolute atomic E-state index is 12.4. The number of furan rings is 1. The quantitative estimate of drug-likeness (QED) is 0.773. The summed E-state index contributed by atoms with van der Waals surface area (Å²) in [4.78, 5) is 24.9. The van der Waals surface area contributed by atoms with Gasteiger partial charge in [-0.05, 0) is 25.1 Å². The van der Waals surface area contributed by atoms with Crippen LogP contribution in [0, 0.1) is 6.92 Å². The molecule has 1 aromatic carbocycles. The Bertz CT molecular complexity index is 909. The number of carboxylic acids is 1. The zero-order valence-electron chi connectivity index (χ0n) is 13.3. The van der Waals surface area contributed by atoms with Crippen molar-refractivity contribution in [2.24, 2.45) is 0 Å². The van der Waals surface area contributed by atoms with Crippen LogP contribution in [0.5, 0.6) is 0 Å². The molecule has 0 saturated heterocycles. The molecule has 3 rings (SSSR count). The van der Waals surface area contributed by atoms with E-state index in [1.165, 1.54) is 11.0 Å². The molecule has 24 heavy (non-hydrogen) atoms. The Morgan fingerprint density at radius 1 is 1.29 bits per heavy atom. The van der Waals surface area contributed by atoms with Crippen molar-refractivity contribution in [2.45, 2.75) is 19.9 Å². The molecule has 2 aromatic heterocycles. The Balaban J connectivity index is 1.71. The summed E-state index contributed by atoms with van der Waals surface area (Å²) in [5.74, 6) is -0.475. The van der Waals surface area contributed by atoms with E-state index in [1.54, 1.807) is 20.0 Å². The number of aromatic nitrogens is 1. The molecule has 1 N–H and O–H groups in total. The fourth-order valence-electron chi connectivity index (χ4n) is 2.50. The summed E-state index contributed by atoms with van der Waals surface area (Å²) in [7, 11) is 1.63. The van der Waals surface area contributed by atoms with Crippen LogP contribution in [0.1, 0.15) is 27.6 Å². The average molecular weight is 328 g/mol. The SMILES string of the molecule is Cc1oc(CN(C)C(=O)Cc2noc3ccccc23)cc1C(=O)O. The molecule has 2 heterocycles. The van der Waals surface area contributed by atoms with Crippen molar-refractivity contribution in [1.82, 2.24) is 10.1 Å². The summed E-state index contributed by atoms with van der Waals surface area (Å²) in [6, 6.07) is 8.77. The number of nitrogens with zero attached hydrogens (tertiary/aromatic N) is 2. The van der Waals surface area contributed by atoms with Gasteiger partial charge < -0.3 is 18.9 Å². The Morgan fingerprint density at radius 3 is 2.75 bits per heavy atom. The van der Waals surface area contributed by atoms with Gasteiger partial charge in [0, 0.05) is 12.4 Å². The number of amides is 1. The average Bonchev–Trinajstić information content (AvgIpc) is 3.11. The van der Waals surface area contributed by atoms with Crippen LogP contribution in [0.3, 0.4) is 0 Å². The lowest BCUT2D eigenvalue weighted by Gasteiger charge is -2.14. The third-order valence-corrected chi connectivity index (χ3v) is 3.79. The highest BCUT2D eigenvalue weighted by Gasteiger charge is 2.19. The first-order valence-electron chi connectivity index (χ1n) is 7.35. The van der Waals surface area contributed by atoms with Crippen molar-refractivity contribution in [3.63, 3.8) is 0 Å². The molecule has 3 aromatic rings. The second kappa shape index (κ2) is 6.19. The lowest BCUT2D eigenvalue weighted by atomic mass is 10.1. The van der Waals surface area contributed by atoms with Gasteiger partial charge in [0.15, 0.2) is 5.58 Å². The molecule has 0 bridgehead atoms. The van der Waals surface area contributed by atoms with E-state index in [1.807, 2.05) is 18.2 Å². The molecule has 0 unspecified atom stereocenters. The summed E-state index contributed by atoms with van der Waals surface area (Å²) in [6.07, 6.45) is 0.0962. The fourth-order valence-corrected chi connectivity index (χ4v) is 2.50. The first kappa shape index (κ1) is 15.8. The fraction of sp³-hybridized carbons (Fsp3) is 0.235. The number of carbonyl (C=O) groups excluding carboxylic acids is 1. The van der Waals surface area contributed by atoms with Crippen LogP contribution in [0.25, 0.3) is 11.0 Å². The third kappa shape index (κ3) is 3.01. The maximum Gasteiger partial charge on any atom is 0.339 e. The second-order valence-electron chi connectivity index (χ2n) is 5.54. The molecule has 0 radical (unpaired) electrons. The number of aryl methyl sites for hydroxylation is 1. The number of fused-ring (bicyclic) bond motifs is 1. The number of para-hydroxylation sites is 1. The number of aromatic carboxylic acids is 1. The summed E-state index contributed by atoms with van der Waals surface area (Å²) in [5, 5.41) is 13.8. The first-order chi connectivity index (χ1) is 11.5. The second-order valence-corrected chi connectivity index (χ2v) is 5.54. The monoisotopic (exact) mass is 328 g/mol. The predicted molar refractivity (Wildman–Crippen MR) is 84.6 cm³/mol. The molecule has 0 saturated carbocycles. The van der Waals surface area contributed by atoms with Crippen LogP contribution in [-0.2, 0) is 17.8 Å². The number of benzene rings is 1. The summed E-state index contributed by atoms with van der Waals surface area (Å²) >= 11 is 0. The molecule has 124 valence electrons. The van der Waals surface area contributed by atoms with Crippen LogP contribution in [0.15, 0.2) is 39.3 Å². The van der Waals surface area contributed by atoms with E-state index in [9.17, 15) is 9.59 Å². The molecule has 0 aliphatic carbocycles. The lowest BCUT2D eigenvalue weighted by molar-refractivity contribution is -0.130. The van der Waals surface area contributed by atoms with Gasteiger partial charge >= 0.3 is 5.97 Å². The molecule has 1 amide bonds. The van der Waals surface area contributed by atoms with Gasteiger partial charge in [0.2, 0.25) is 5.91 Å². The largest absolute Gasteiger partial charge is 0.478 e.